The van der Waals surface area contributed by atoms with Crippen LogP contribution in [0.15, 0.2) is 24.3 Å². The van der Waals surface area contributed by atoms with Crippen LogP contribution in [-0.2, 0) is 9.47 Å². The van der Waals surface area contributed by atoms with E-state index in [4.69, 9.17) is 9.47 Å². The van der Waals surface area contributed by atoms with E-state index in [0.29, 0.717) is 18.8 Å². The zero-order valence-corrected chi connectivity index (χ0v) is 13.2. The smallest absolute Gasteiger partial charge is 0.338 e. The first-order valence-corrected chi connectivity index (χ1v) is 8.12. The quantitative estimate of drug-likeness (QED) is 0.793. The van der Waals surface area contributed by atoms with Crippen molar-refractivity contribution in [2.45, 2.75) is 19.4 Å². The summed E-state index contributed by atoms with van der Waals surface area (Å²) >= 11 is 0. The number of likely N-dealkylation sites (N-methyl/N-ethyl adjacent to an activating group) is 1. The molecule has 0 bridgehead atoms. The molecule has 0 N–H and O–H groups in total. The Hall–Kier alpha value is -1.59. The first-order chi connectivity index (χ1) is 10.8. The molecule has 5 heteroatoms. The van der Waals surface area contributed by atoms with Gasteiger partial charge in [0, 0.05) is 38.3 Å². The highest BCUT2D eigenvalue weighted by molar-refractivity contribution is 5.90. The van der Waals surface area contributed by atoms with Crippen LogP contribution in [0, 0.1) is 0 Å². The fourth-order valence-electron chi connectivity index (χ4n) is 2.96. The molecule has 2 fully saturated rings. The average Bonchev–Trinajstić information content (AvgIpc) is 3.08. The molecule has 3 rings (SSSR count). The lowest BCUT2D eigenvalue weighted by Crippen LogP contribution is -2.46. The van der Waals surface area contributed by atoms with Crippen LogP contribution in [0.5, 0.6) is 0 Å². The van der Waals surface area contributed by atoms with Crippen molar-refractivity contribution in [1.29, 1.82) is 0 Å². The molecule has 0 radical (unpaired) electrons. The van der Waals surface area contributed by atoms with Crippen molar-refractivity contribution >= 4 is 11.7 Å². The monoisotopic (exact) mass is 304 g/mol. The van der Waals surface area contributed by atoms with E-state index in [1.54, 1.807) is 0 Å². The van der Waals surface area contributed by atoms with Crippen LogP contribution in [0.2, 0.25) is 0 Å². The molecular weight excluding hydrogens is 280 g/mol. The van der Waals surface area contributed by atoms with Crippen molar-refractivity contribution in [3.63, 3.8) is 0 Å². The van der Waals surface area contributed by atoms with Crippen molar-refractivity contribution in [2.75, 3.05) is 50.8 Å². The lowest BCUT2D eigenvalue weighted by molar-refractivity contribution is 0.0270. The minimum Gasteiger partial charge on any atom is -0.456 e. The Morgan fingerprint density at radius 3 is 2.55 bits per heavy atom. The normalized spacial score (nSPS) is 22.8. The predicted molar refractivity (Wildman–Crippen MR) is 85.4 cm³/mol. The molecule has 5 nitrogen and oxygen atoms in total. The van der Waals surface area contributed by atoms with Gasteiger partial charge in [-0.1, -0.05) is 6.92 Å². The number of benzene rings is 1. The highest BCUT2D eigenvalue weighted by Gasteiger charge is 2.21. The average molecular weight is 304 g/mol. The number of nitrogens with zero attached hydrogens (tertiary/aromatic N) is 2. The number of ether oxygens (including phenoxy) is 2. The van der Waals surface area contributed by atoms with Gasteiger partial charge in [-0.3, -0.25) is 0 Å². The molecule has 2 aliphatic heterocycles. The van der Waals surface area contributed by atoms with E-state index < -0.39 is 0 Å². The van der Waals surface area contributed by atoms with Crippen LogP contribution < -0.4 is 4.90 Å². The highest BCUT2D eigenvalue weighted by atomic mass is 16.6. The molecular formula is C17H24N2O3. The lowest BCUT2D eigenvalue weighted by atomic mass is 10.1. The van der Waals surface area contributed by atoms with Crippen LogP contribution in [0.3, 0.4) is 0 Å². The van der Waals surface area contributed by atoms with Crippen LogP contribution in [0.1, 0.15) is 23.7 Å². The first kappa shape index (κ1) is 15.3. The molecule has 0 saturated carbocycles. The third-order valence-electron chi connectivity index (χ3n) is 4.45. The zero-order chi connectivity index (χ0) is 15.4. The second-order valence-electron chi connectivity index (χ2n) is 5.86. The Labute approximate surface area is 131 Å². The van der Waals surface area contributed by atoms with Crippen molar-refractivity contribution in [2.24, 2.45) is 0 Å². The highest BCUT2D eigenvalue weighted by Crippen LogP contribution is 2.19. The molecule has 1 aromatic carbocycles. The van der Waals surface area contributed by atoms with Gasteiger partial charge in [-0.05, 0) is 30.8 Å². The Morgan fingerprint density at radius 1 is 1.23 bits per heavy atom. The molecule has 2 aliphatic rings. The molecule has 0 amide bonds. The van der Waals surface area contributed by atoms with E-state index in [1.165, 1.54) is 5.69 Å². The zero-order valence-electron chi connectivity index (χ0n) is 13.2. The fraction of sp³-hybridized carbons (Fsp3) is 0.588. The summed E-state index contributed by atoms with van der Waals surface area (Å²) in [5, 5.41) is 0. The summed E-state index contributed by atoms with van der Waals surface area (Å²) in [7, 11) is 0. The number of carbonyl (C=O) groups excluding carboxylic acids is 1. The van der Waals surface area contributed by atoms with Crippen molar-refractivity contribution in [1.82, 2.24) is 4.90 Å². The summed E-state index contributed by atoms with van der Waals surface area (Å²) in [6.07, 6.45) is 0.709. The molecule has 120 valence electrons. The Balaban J connectivity index is 1.56. The van der Waals surface area contributed by atoms with E-state index in [-0.39, 0.29) is 12.1 Å². The standard InChI is InChI=1S/C17H24N2O3/c1-2-18-8-10-19(11-9-18)15-5-3-14(4-6-15)17(20)22-16-7-12-21-13-16/h3-6,16H,2,7-13H2,1H3. The van der Waals surface area contributed by atoms with Crippen LogP contribution >= 0.6 is 0 Å². The van der Waals surface area contributed by atoms with Gasteiger partial charge >= 0.3 is 5.97 Å². The number of piperazine rings is 1. The number of rotatable bonds is 4. The third kappa shape index (κ3) is 3.59. The Kier molecular flexibility index (Phi) is 4.95. The molecule has 0 aromatic heterocycles. The van der Waals surface area contributed by atoms with Crippen LogP contribution in [0.25, 0.3) is 0 Å². The molecule has 22 heavy (non-hydrogen) atoms. The van der Waals surface area contributed by atoms with E-state index in [1.807, 2.05) is 24.3 Å². The number of esters is 1. The summed E-state index contributed by atoms with van der Waals surface area (Å²) in [5.41, 5.74) is 1.79. The van der Waals surface area contributed by atoms with Gasteiger partial charge in [0.05, 0.1) is 18.8 Å². The van der Waals surface area contributed by atoms with Gasteiger partial charge in [0.2, 0.25) is 0 Å². The van der Waals surface area contributed by atoms with E-state index in [9.17, 15) is 4.79 Å². The second-order valence-corrected chi connectivity index (χ2v) is 5.86. The molecule has 0 spiro atoms. The van der Waals surface area contributed by atoms with Gasteiger partial charge in [-0.25, -0.2) is 4.79 Å². The van der Waals surface area contributed by atoms with Gasteiger partial charge in [-0.2, -0.15) is 0 Å². The molecule has 1 aromatic rings. The summed E-state index contributed by atoms with van der Waals surface area (Å²) in [4.78, 5) is 16.9. The molecule has 1 atom stereocenters. The van der Waals surface area contributed by atoms with Gasteiger partial charge in [0.15, 0.2) is 0 Å². The summed E-state index contributed by atoms with van der Waals surface area (Å²) in [6.45, 7) is 8.79. The van der Waals surface area contributed by atoms with Crippen molar-refractivity contribution in [3.8, 4) is 0 Å². The lowest BCUT2D eigenvalue weighted by Gasteiger charge is -2.35. The van der Waals surface area contributed by atoms with E-state index >= 15 is 0 Å². The largest absolute Gasteiger partial charge is 0.456 e. The maximum absolute atomic E-state index is 12.1. The minimum absolute atomic E-state index is 0.0886. The van der Waals surface area contributed by atoms with E-state index in [2.05, 4.69) is 16.7 Å². The van der Waals surface area contributed by atoms with Crippen molar-refractivity contribution < 1.29 is 14.3 Å². The van der Waals surface area contributed by atoms with Gasteiger partial charge in [-0.15, -0.1) is 0 Å². The number of carbonyl (C=O) groups is 1. The fourth-order valence-corrected chi connectivity index (χ4v) is 2.96. The Morgan fingerprint density at radius 2 is 1.95 bits per heavy atom. The van der Waals surface area contributed by atoms with E-state index in [0.717, 1.165) is 39.1 Å². The predicted octanol–water partition coefficient (Wildman–Crippen LogP) is 1.77. The van der Waals surface area contributed by atoms with Crippen LogP contribution in [0.4, 0.5) is 5.69 Å². The maximum Gasteiger partial charge on any atom is 0.338 e. The van der Waals surface area contributed by atoms with Crippen molar-refractivity contribution in [3.05, 3.63) is 29.8 Å². The molecule has 2 heterocycles. The molecule has 1 unspecified atom stereocenters. The van der Waals surface area contributed by atoms with Gasteiger partial charge < -0.3 is 19.3 Å². The SMILES string of the molecule is CCN1CCN(c2ccc(C(=O)OC3CCOC3)cc2)CC1. The molecule has 2 saturated heterocycles. The van der Waals surface area contributed by atoms with Gasteiger partial charge in [0.25, 0.3) is 0 Å². The molecule has 0 aliphatic carbocycles. The second kappa shape index (κ2) is 7.11. The Bertz CT molecular complexity index is 489. The number of hydrogen-bond donors (Lipinski definition) is 0. The number of hydrogen-bond acceptors (Lipinski definition) is 5. The topological polar surface area (TPSA) is 42.0 Å². The summed E-state index contributed by atoms with van der Waals surface area (Å²) < 4.78 is 10.6. The van der Waals surface area contributed by atoms with Crippen LogP contribution in [-0.4, -0.2) is 62.9 Å². The minimum atomic E-state index is -0.252. The maximum atomic E-state index is 12.1. The van der Waals surface area contributed by atoms with Gasteiger partial charge in [0.1, 0.15) is 6.10 Å². The summed E-state index contributed by atoms with van der Waals surface area (Å²) in [6, 6.07) is 7.76. The first-order valence-electron chi connectivity index (χ1n) is 8.12. The number of anilines is 1. The third-order valence-corrected chi connectivity index (χ3v) is 4.45. The summed E-state index contributed by atoms with van der Waals surface area (Å²) in [5.74, 6) is -0.252.